The highest BCUT2D eigenvalue weighted by Crippen LogP contribution is 2.25. The number of esters is 1. The van der Waals surface area contributed by atoms with E-state index in [9.17, 15) is 9.59 Å². The van der Waals surface area contributed by atoms with Crippen LogP contribution < -0.4 is 10.1 Å². The number of methoxy groups -OCH3 is 1. The number of benzene rings is 1. The first-order valence-electron chi connectivity index (χ1n) is 8.50. The number of imidazole rings is 1. The molecule has 0 aliphatic rings. The quantitative estimate of drug-likeness (QED) is 0.701. The molecule has 0 radical (unpaired) electrons. The summed E-state index contributed by atoms with van der Waals surface area (Å²) in [6.07, 6.45) is 0.606. The Morgan fingerprint density at radius 3 is 2.67 bits per heavy atom. The SMILES string of the molecule is COc1ccc(C)cc1NC(=O)C(C)OC(=O)c1cn2c(C)cccc2n1. The monoisotopic (exact) mass is 367 g/mol. The minimum absolute atomic E-state index is 0.150. The predicted molar refractivity (Wildman–Crippen MR) is 101 cm³/mol. The lowest BCUT2D eigenvalue weighted by Crippen LogP contribution is -2.30. The van der Waals surface area contributed by atoms with Gasteiger partial charge in [-0.2, -0.15) is 0 Å². The zero-order valence-electron chi connectivity index (χ0n) is 15.6. The molecule has 0 saturated heterocycles. The van der Waals surface area contributed by atoms with E-state index in [1.165, 1.54) is 14.0 Å². The smallest absolute Gasteiger partial charge is 0.359 e. The van der Waals surface area contributed by atoms with E-state index in [1.807, 2.05) is 32.0 Å². The highest BCUT2D eigenvalue weighted by atomic mass is 16.5. The third kappa shape index (κ3) is 3.92. The van der Waals surface area contributed by atoms with Gasteiger partial charge in [0.25, 0.3) is 5.91 Å². The van der Waals surface area contributed by atoms with Crippen LogP contribution in [0.4, 0.5) is 5.69 Å². The second kappa shape index (κ2) is 7.49. The molecule has 140 valence electrons. The zero-order chi connectivity index (χ0) is 19.6. The molecular formula is C20H21N3O4. The van der Waals surface area contributed by atoms with E-state index in [0.29, 0.717) is 17.1 Å². The van der Waals surface area contributed by atoms with Crippen LogP contribution in [0.15, 0.2) is 42.6 Å². The van der Waals surface area contributed by atoms with Gasteiger partial charge in [0.05, 0.1) is 12.8 Å². The van der Waals surface area contributed by atoms with Crippen molar-refractivity contribution in [2.75, 3.05) is 12.4 Å². The Labute approximate surface area is 156 Å². The minimum atomic E-state index is -0.992. The number of pyridine rings is 1. The first-order valence-corrected chi connectivity index (χ1v) is 8.50. The van der Waals surface area contributed by atoms with Crippen LogP contribution in [0.3, 0.4) is 0 Å². The van der Waals surface area contributed by atoms with E-state index in [1.54, 1.807) is 28.8 Å². The molecule has 0 aliphatic carbocycles. The van der Waals surface area contributed by atoms with Gasteiger partial charge in [-0.15, -0.1) is 0 Å². The molecule has 0 bridgehead atoms. The Kier molecular flexibility index (Phi) is 5.12. The van der Waals surface area contributed by atoms with Crippen molar-refractivity contribution < 1.29 is 19.1 Å². The third-order valence-electron chi connectivity index (χ3n) is 4.17. The summed E-state index contributed by atoms with van der Waals surface area (Å²) in [5.74, 6) is -0.576. The van der Waals surface area contributed by atoms with Gasteiger partial charge < -0.3 is 19.2 Å². The number of carbonyl (C=O) groups excluding carboxylic acids is 2. The molecule has 1 amide bonds. The largest absolute Gasteiger partial charge is 0.495 e. The van der Waals surface area contributed by atoms with E-state index in [0.717, 1.165) is 11.3 Å². The van der Waals surface area contributed by atoms with E-state index in [-0.39, 0.29) is 5.69 Å². The molecule has 7 nitrogen and oxygen atoms in total. The van der Waals surface area contributed by atoms with Crippen LogP contribution in [0.5, 0.6) is 5.75 Å². The van der Waals surface area contributed by atoms with Crippen molar-refractivity contribution >= 4 is 23.2 Å². The molecule has 3 rings (SSSR count). The lowest BCUT2D eigenvalue weighted by Gasteiger charge is -2.15. The van der Waals surface area contributed by atoms with Crippen LogP contribution in [0.25, 0.3) is 5.65 Å². The topological polar surface area (TPSA) is 81.9 Å². The second-order valence-corrected chi connectivity index (χ2v) is 6.26. The number of nitrogens with one attached hydrogen (secondary N) is 1. The fraction of sp³-hybridized carbons (Fsp3) is 0.250. The van der Waals surface area contributed by atoms with Crippen LogP contribution >= 0.6 is 0 Å². The van der Waals surface area contributed by atoms with Crippen molar-refractivity contribution in [2.24, 2.45) is 0 Å². The van der Waals surface area contributed by atoms with Crippen LogP contribution in [-0.2, 0) is 9.53 Å². The molecule has 0 aliphatic heterocycles. The molecule has 1 aromatic carbocycles. The summed E-state index contributed by atoms with van der Waals surface area (Å²) in [6, 6.07) is 11.0. The Balaban J connectivity index is 1.71. The lowest BCUT2D eigenvalue weighted by atomic mass is 10.2. The highest BCUT2D eigenvalue weighted by Gasteiger charge is 2.22. The summed E-state index contributed by atoms with van der Waals surface area (Å²) >= 11 is 0. The van der Waals surface area contributed by atoms with E-state index in [4.69, 9.17) is 9.47 Å². The zero-order valence-corrected chi connectivity index (χ0v) is 15.6. The predicted octanol–water partition coefficient (Wildman–Crippen LogP) is 3.14. The van der Waals surface area contributed by atoms with Crippen molar-refractivity contribution in [3.8, 4) is 5.75 Å². The van der Waals surface area contributed by atoms with Crippen LogP contribution in [0, 0.1) is 13.8 Å². The standard InChI is InChI=1S/C20H21N3O4/c1-12-8-9-17(26-4)15(10-12)22-19(24)14(3)27-20(25)16-11-23-13(2)6-5-7-18(23)21-16/h5-11,14H,1-4H3,(H,22,24). The Morgan fingerprint density at radius 2 is 1.96 bits per heavy atom. The van der Waals surface area contributed by atoms with Crippen molar-refractivity contribution in [3.63, 3.8) is 0 Å². The number of fused-ring (bicyclic) bond motifs is 1. The van der Waals surface area contributed by atoms with Crippen molar-refractivity contribution in [3.05, 3.63) is 59.5 Å². The number of ether oxygens (including phenoxy) is 2. The van der Waals surface area contributed by atoms with Crippen molar-refractivity contribution in [1.82, 2.24) is 9.38 Å². The number of aromatic nitrogens is 2. The number of carbonyl (C=O) groups is 2. The number of aryl methyl sites for hydroxylation is 2. The Bertz CT molecular complexity index is 1010. The molecule has 2 aromatic heterocycles. The van der Waals surface area contributed by atoms with E-state index >= 15 is 0 Å². The summed E-state index contributed by atoms with van der Waals surface area (Å²) in [6.45, 7) is 5.33. The molecule has 27 heavy (non-hydrogen) atoms. The number of amides is 1. The second-order valence-electron chi connectivity index (χ2n) is 6.26. The number of nitrogens with zero attached hydrogens (tertiary/aromatic N) is 2. The van der Waals surface area contributed by atoms with E-state index in [2.05, 4.69) is 10.3 Å². The van der Waals surface area contributed by atoms with Gasteiger partial charge >= 0.3 is 5.97 Å². The molecule has 0 spiro atoms. The summed E-state index contributed by atoms with van der Waals surface area (Å²) < 4.78 is 12.3. The molecule has 1 atom stereocenters. The van der Waals surface area contributed by atoms with Gasteiger partial charge in [0.2, 0.25) is 0 Å². The van der Waals surface area contributed by atoms with Gasteiger partial charge in [-0.1, -0.05) is 12.1 Å². The number of hydrogen-bond acceptors (Lipinski definition) is 5. The fourth-order valence-corrected chi connectivity index (χ4v) is 2.68. The van der Waals surface area contributed by atoms with Crippen LogP contribution in [0.2, 0.25) is 0 Å². The Hall–Kier alpha value is -3.35. The van der Waals surface area contributed by atoms with Crippen LogP contribution in [-0.4, -0.2) is 34.5 Å². The third-order valence-corrected chi connectivity index (χ3v) is 4.17. The summed E-state index contributed by atoms with van der Waals surface area (Å²) in [7, 11) is 1.52. The maximum atomic E-state index is 12.4. The van der Waals surface area contributed by atoms with Crippen LogP contribution in [0.1, 0.15) is 28.7 Å². The van der Waals surface area contributed by atoms with Gasteiger partial charge in [-0.3, -0.25) is 4.79 Å². The maximum Gasteiger partial charge on any atom is 0.359 e. The molecule has 3 aromatic rings. The molecular weight excluding hydrogens is 346 g/mol. The molecule has 2 heterocycles. The highest BCUT2D eigenvalue weighted by molar-refractivity contribution is 5.98. The molecule has 1 N–H and O–H groups in total. The average Bonchev–Trinajstić information content (AvgIpc) is 3.08. The Morgan fingerprint density at radius 1 is 1.19 bits per heavy atom. The lowest BCUT2D eigenvalue weighted by molar-refractivity contribution is -0.123. The van der Waals surface area contributed by atoms with Crippen molar-refractivity contribution in [2.45, 2.75) is 26.9 Å². The minimum Gasteiger partial charge on any atom is -0.495 e. The molecule has 1 unspecified atom stereocenters. The normalized spacial score (nSPS) is 11.9. The van der Waals surface area contributed by atoms with E-state index < -0.39 is 18.0 Å². The van der Waals surface area contributed by atoms with Gasteiger partial charge in [0, 0.05) is 11.9 Å². The first kappa shape index (κ1) is 18.4. The maximum absolute atomic E-state index is 12.4. The molecule has 0 saturated carbocycles. The van der Waals surface area contributed by atoms with Gasteiger partial charge in [-0.05, 0) is 50.6 Å². The van der Waals surface area contributed by atoms with Gasteiger partial charge in [0.15, 0.2) is 11.8 Å². The molecule has 7 heteroatoms. The summed E-state index contributed by atoms with van der Waals surface area (Å²) in [4.78, 5) is 29.0. The summed E-state index contributed by atoms with van der Waals surface area (Å²) in [5.41, 5.74) is 3.22. The molecule has 0 fully saturated rings. The average molecular weight is 367 g/mol. The summed E-state index contributed by atoms with van der Waals surface area (Å²) in [5, 5.41) is 2.73. The number of rotatable bonds is 5. The van der Waals surface area contributed by atoms with Gasteiger partial charge in [0.1, 0.15) is 11.4 Å². The van der Waals surface area contributed by atoms with Crippen molar-refractivity contribution in [1.29, 1.82) is 0 Å². The first-order chi connectivity index (χ1) is 12.9. The fourth-order valence-electron chi connectivity index (χ4n) is 2.68. The number of anilines is 1. The van der Waals surface area contributed by atoms with Gasteiger partial charge in [-0.25, -0.2) is 9.78 Å². The number of hydrogen-bond donors (Lipinski definition) is 1.